The molecule has 84 valence electrons. The standard InChI is InChI=1S/C14H28/c1-7-9-12(4)14(6)13(5)10-11(3)8-2/h9,11,13-14H,7-8,10H2,1-6H3. The molecule has 0 saturated heterocycles. The van der Waals surface area contributed by atoms with E-state index in [0.29, 0.717) is 0 Å². The van der Waals surface area contributed by atoms with Gasteiger partial charge in [-0.3, -0.25) is 0 Å². The molecule has 0 aliphatic heterocycles. The summed E-state index contributed by atoms with van der Waals surface area (Å²) in [6.45, 7) is 13.9. The maximum Gasteiger partial charge on any atom is -0.0209 e. The zero-order chi connectivity index (χ0) is 11.1. The fourth-order valence-electron chi connectivity index (χ4n) is 1.96. The van der Waals surface area contributed by atoms with Gasteiger partial charge in [0.15, 0.2) is 0 Å². The van der Waals surface area contributed by atoms with Crippen molar-refractivity contribution in [1.82, 2.24) is 0 Å². The van der Waals surface area contributed by atoms with Crippen molar-refractivity contribution < 1.29 is 0 Å². The quantitative estimate of drug-likeness (QED) is 0.521. The molecule has 0 heteroatoms. The molecule has 0 nitrogen and oxygen atoms in total. The van der Waals surface area contributed by atoms with E-state index in [2.05, 4.69) is 47.6 Å². The lowest BCUT2D eigenvalue weighted by atomic mass is 9.82. The Morgan fingerprint density at radius 1 is 1.14 bits per heavy atom. The molecule has 0 aromatic rings. The van der Waals surface area contributed by atoms with E-state index in [0.717, 1.165) is 17.8 Å². The molecular weight excluding hydrogens is 168 g/mol. The first-order valence-corrected chi connectivity index (χ1v) is 6.19. The maximum atomic E-state index is 2.39. The Labute approximate surface area is 90.8 Å². The third kappa shape index (κ3) is 4.83. The second-order valence-corrected chi connectivity index (χ2v) is 4.87. The lowest BCUT2D eigenvalue weighted by Crippen LogP contribution is -2.12. The van der Waals surface area contributed by atoms with Gasteiger partial charge < -0.3 is 0 Å². The Morgan fingerprint density at radius 3 is 2.14 bits per heavy atom. The van der Waals surface area contributed by atoms with Gasteiger partial charge in [0.05, 0.1) is 0 Å². The molecule has 0 N–H and O–H groups in total. The molecule has 0 saturated carbocycles. The van der Waals surface area contributed by atoms with Crippen molar-refractivity contribution in [1.29, 1.82) is 0 Å². The lowest BCUT2D eigenvalue weighted by molar-refractivity contribution is 0.338. The first-order chi connectivity index (χ1) is 6.52. The second kappa shape index (κ2) is 7.09. The third-order valence-electron chi connectivity index (χ3n) is 3.57. The van der Waals surface area contributed by atoms with Gasteiger partial charge in [0.1, 0.15) is 0 Å². The van der Waals surface area contributed by atoms with Crippen molar-refractivity contribution in [3.05, 3.63) is 11.6 Å². The predicted octanol–water partition coefficient (Wildman–Crippen LogP) is 5.05. The minimum atomic E-state index is 0.754. The van der Waals surface area contributed by atoms with Gasteiger partial charge in [-0.2, -0.15) is 0 Å². The van der Waals surface area contributed by atoms with Gasteiger partial charge in [-0.15, -0.1) is 0 Å². The molecule has 0 aliphatic carbocycles. The molecule has 0 aromatic heterocycles. The summed E-state index contributed by atoms with van der Waals surface area (Å²) in [7, 11) is 0. The van der Waals surface area contributed by atoms with E-state index in [1.165, 1.54) is 19.3 Å². The Hall–Kier alpha value is -0.260. The van der Waals surface area contributed by atoms with Crippen molar-refractivity contribution in [3.8, 4) is 0 Å². The van der Waals surface area contributed by atoms with Crippen molar-refractivity contribution in [2.45, 2.75) is 60.8 Å². The van der Waals surface area contributed by atoms with E-state index in [-0.39, 0.29) is 0 Å². The Bertz CT molecular complexity index is 167. The smallest absolute Gasteiger partial charge is 0.0209 e. The molecule has 14 heavy (non-hydrogen) atoms. The van der Waals surface area contributed by atoms with E-state index in [1.54, 1.807) is 5.57 Å². The van der Waals surface area contributed by atoms with Crippen molar-refractivity contribution in [3.63, 3.8) is 0 Å². The Balaban J connectivity index is 4.10. The Kier molecular flexibility index (Phi) is 6.96. The highest BCUT2D eigenvalue weighted by Crippen LogP contribution is 2.26. The predicted molar refractivity (Wildman–Crippen MR) is 66.4 cm³/mol. The maximum absolute atomic E-state index is 2.39. The van der Waals surface area contributed by atoms with Crippen LogP contribution in [0, 0.1) is 17.8 Å². The summed E-state index contributed by atoms with van der Waals surface area (Å²) in [5, 5.41) is 0. The molecule has 0 bridgehead atoms. The fourth-order valence-corrected chi connectivity index (χ4v) is 1.96. The van der Waals surface area contributed by atoms with E-state index in [4.69, 9.17) is 0 Å². The summed E-state index contributed by atoms with van der Waals surface area (Å²) in [5.74, 6) is 2.46. The van der Waals surface area contributed by atoms with Crippen molar-refractivity contribution in [2.24, 2.45) is 17.8 Å². The summed E-state index contributed by atoms with van der Waals surface area (Å²) < 4.78 is 0. The molecule has 0 amide bonds. The molecule has 0 heterocycles. The first kappa shape index (κ1) is 13.7. The van der Waals surface area contributed by atoms with Crippen molar-refractivity contribution in [2.75, 3.05) is 0 Å². The van der Waals surface area contributed by atoms with E-state index < -0.39 is 0 Å². The zero-order valence-corrected chi connectivity index (χ0v) is 10.9. The first-order valence-electron chi connectivity index (χ1n) is 6.19. The van der Waals surface area contributed by atoms with Crippen molar-refractivity contribution >= 4 is 0 Å². The second-order valence-electron chi connectivity index (χ2n) is 4.87. The van der Waals surface area contributed by atoms with Crippen LogP contribution in [-0.2, 0) is 0 Å². The Morgan fingerprint density at radius 2 is 1.71 bits per heavy atom. The summed E-state index contributed by atoms with van der Waals surface area (Å²) in [6.07, 6.45) is 6.23. The van der Waals surface area contributed by atoms with Gasteiger partial charge in [-0.25, -0.2) is 0 Å². The highest BCUT2D eigenvalue weighted by molar-refractivity contribution is 5.03. The van der Waals surface area contributed by atoms with E-state index in [1.807, 2.05) is 0 Å². The molecule has 0 radical (unpaired) electrons. The van der Waals surface area contributed by atoms with Crippen LogP contribution in [0.15, 0.2) is 11.6 Å². The van der Waals surface area contributed by atoms with Crippen LogP contribution < -0.4 is 0 Å². The lowest BCUT2D eigenvalue weighted by Gasteiger charge is -2.23. The molecule has 0 spiro atoms. The minimum Gasteiger partial charge on any atom is -0.0856 e. The summed E-state index contributed by atoms with van der Waals surface area (Å²) in [6, 6.07) is 0. The molecule has 3 atom stereocenters. The molecule has 0 rings (SSSR count). The summed E-state index contributed by atoms with van der Waals surface area (Å²) in [5.41, 5.74) is 1.57. The average molecular weight is 196 g/mol. The molecule has 3 unspecified atom stereocenters. The zero-order valence-electron chi connectivity index (χ0n) is 10.9. The summed E-state index contributed by atoms with van der Waals surface area (Å²) >= 11 is 0. The molecule has 0 aliphatic rings. The normalized spacial score (nSPS) is 19.1. The molecule has 0 aromatic carbocycles. The van der Waals surface area contributed by atoms with Gasteiger partial charge >= 0.3 is 0 Å². The van der Waals surface area contributed by atoms with Gasteiger partial charge in [-0.1, -0.05) is 52.7 Å². The van der Waals surface area contributed by atoms with Crippen LogP contribution >= 0.6 is 0 Å². The summed E-state index contributed by atoms with van der Waals surface area (Å²) in [4.78, 5) is 0. The third-order valence-corrected chi connectivity index (χ3v) is 3.57. The van der Waals surface area contributed by atoms with Gasteiger partial charge in [0.25, 0.3) is 0 Å². The SMILES string of the molecule is CCC=C(C)C(C)C(C)CC(C)CC. The van der Waals surface area contributed by atoms with E-state index in [9.17, 15) is 0 Å². The van der Waals surface area contributed by atoms with Crippen LogP contribution in [0.4, 0.5) is 0 Å². The van der Waals surface area contributed by atoms with Gasteiger partial charge in [0.2, 0.25) is 0 Å². The highest BCUT2D eigenvalue weighted by Gasteiger charge is 2.15. The van der Waals surface area contributed by atoms with Crippen LogP contribution in [0.3, 0.4) is 0 Å². The number of hydrogen-bond acceptors (Lipinski definition) is 0. The van der Waals surface area contributed by atoms with Crippen LogP contribution in [-0.4, -0.2) is 0 Å². The number of allylic oxidation sites excluding steroid dienone is 2. The average Bonchev–Trinajstić information content (AvgIpc) is 2.16. The van der Waals surface area contributed by atoms with Gasteiger partial charge in [0, 0.05) is 0 Å². The minimum absolute atomic E-state index is 0.754. The topological polar surface area (TPSA) is 0 Å². The highest BCUT2D eigenvalue weighted by atomic mass is 14.2. The largest absolute Gasteiger partial charge is 0.0856 e. The monoisotopic (exact) mass is 196 g/mol. The molecule has 0 fully saturated rings. The van der Waals surface area contributed by atoms with Crippen LogP contribution in [0.5, 0.6) is 0 Å². The number of rotatable bonds is 6. The van der Waals surface area contributed by atoms with Gasteiger partial charge in [-0.05, 0) is 37.5 Å². The van der Waals surface area contributed by atoms with E-state index >= 15 is 0 Å². The van der Waals surface area contributed by atoms with Crippen LogP contribution in [0.25, 0.3) is 0 Å². The van der Waals surface area contributed by atoms with Crippen LogP contribution in [0.2, 0.25) is 0 Å². The van der Waals surface area contributed by atoms with Crippen LogP contribution in [0.1, 0.15) is 60.8 Å². The molecular formula is C14H28. The fraction of sp³-hybridized carbons (Fsp3) is 0.857. The number of hydrogen-bond donors (Lipinski definition) is 0.